The maximum absolute atomic E-state index is 14.3. The number of halogens is 3. The van der Waals surface area contributed by atoms with E-state index in [0.717, 1.165) is 11.4 Å². The van der Waals surface area contributed by atoms with Gasteiger partial charge in [-0.2, -0.15) is 13.2 Å². The minimum Gasteiger partial charge on any atom is -0.383 e. The third-order valence-electron chi connectivity index (χ3n) is 6.46. The smallest absolute Gasteiger partial charge is 0.383 e. The molecule has 0 N–H and O–H groups in total. The fourth-order valence-corrected chi connectivity index (χ4v) is 4.04. The second-order valence-corrected chi connectivity index (χ2v) is 9.49. The number of nitrogens with zero attached hydrogens (tertiary/aromatic N) is 2. The average molecular weight is 525 g/mol. The zero-order valence-electron chi connectivity index (χ0n) is 22.0. The molecule has 0 bridgehead atoms. The molecule has 3 heterocycles. The van der Waals surface area contributed by atoms with Crippen molar-refractivity contribution >= 4 is 0 Å². The van der Waals surface area contributed by atoms with E-state index in [1.165, 1.54) is 18.2 Å². The third kappa shape index (κ3) is 9.81. The van der Waals surface area contributed by atoms with E-state index in [0.29, 0.717) is 52.6 Å². The molecule has 3 aliphatic heterocycles. The van der Waals surface area contributed by atoms with Gasteiger partial charge in [-0.05, 0) is 37.1 Å². The quantitative estimate of drug-likeness (QED) is 0.204. The largest absolute Gasteiger partial charge is 0.399 e. The van der Waals surface area contributed by atoms with E-state index in [-0.39, 0.29) is 29.5 Å². The first-order chi connectivity index (χ1) is 17.7. The highest BCUT2D eigenvalue weighted by atomic mass is 19.4. The molecule has 0 aliphatic carbocycles. The van der Waals surface area contributed by atoms with Gasteiger partial charge >= 0.3 is 6.18 Å². The normalized spacial score (nSPS) is 24.7. The Labute approximate surface area is 218 Å². The zero-order chi connectivity index (χ0) is 27.0. The maximum Gasteiger partial charge on any atom is 0.399 e. The van der Waals surface area contributed by atoms with Crippen molar-refractivity contribution in [2.24, 2.45) is 5.92 Å². The number of ether oxygens (including phenoxy) is 4. The Morgan fingerprint density at radius 2 is 1.54 bits per heavy atom. The Kier molecular flexibility index (Phi) is 10.6. The van der Waals surface area contributed by atoms with E-state index in [1.807, 2.05) is 24.8 Å². The summed E-state index contributed by atoms with van der Waals surface area (Å²) in [5, 5.41) is 0. The topological polar surface area (TPSA) is 53.3 Å². The van der Waals surface area contributed by atoms with Crippen molar-refractivity contribution in [1.29, 1.82) is 0 Å². The van der Waals surface area contributed by atoms with E-state index in [2.05, 4.69) is 18.1 Å². The highest BCUT2D eigenvalue weighted by Crippen LogP contribution is 2.38. The summed E-state index contributed by atoms with van der Waals surface area (Å²) in [7, 11) is 1.62. The van der Waals surface area contributed by atoms with Crippen LogP contribution in [0.25, 0.3) is 0 Å². The fourth-order valence-electron chi connectivity index (χ4n) is 4.04. The maximum atomic E-state index is 14.3. The molecule has 6 nitrogen and oxygen atoms in total. The van der Waals surface area contributed by atoms with Crippen molar-refractivity contribution in [3.05, 3.63) is 72.2 Å². The van der Waals surface area contributed by atoms with Crippen LogP contribution in [0, 0.1) is 5.92 Å². The monoisotopic (exact) mass is 524 g/mol. The van der Waals surface area contributed by atoms with Gasteiger partial charge in [0, 0.05) is 44.7 Å². The highest BCUT2D eigenvalue weighted by molar-refractivity contribution is 5.39. The molecule has 4 atom stereocenters. The Hall–Kier alpha value is -2.33. The molecule has 0 aromatic rings. The molecule has 0 saturated carbocycles. The molecule has 3 aliphatic rings. The minimum atomic E-state index is -4.53. The van der Waals surface area contributed by atoms with Crippen LogP contribution in [-0.4, -0.2) is 94.0 Å². The molecule has 3 saturated heterocycles. The van der Waals surface area contributed by atoms with Gasteiger partial charge in [0.05, 0.1) is 44.7 Å². The molecule has 9 heteroatoms. The highest BCUT2D eigenvalue weighted by Gasteiger charge is 2.42. The van der Waals surface area contributed by atoms with Gasteiger partial charge in [-0.3, -0.25) is 0 Å². The predicted molar refractivity (Wildman–Crippen MR) is 138 cm³/mol. The lowest BCUT2D eigenvalue weighted by Crippen LogP contribution is -2.30. The number of hydrogen-bond acceptors (Lipinski definition) is 6. The van der Waals surface area contributed by atoms with Crippen LogP contribution in [0.2, 0.25) is 0 Å². The minimum absolute atomic E-state index is 0.0384. The van der Waals surface area contributed by atoms with E-state index in [9.17, 15) is 13.2 Å². The van der Waals surface area contributed by atoms with Crippen molar-refractivity contribution in [1.82, 2.24) is 9.80 Å². The Morgan fingerprint density at radius 1 is 1.00 bits per heavy atom. The van der Waals surface area contributed by atoms with Gasteiger partial charge < -0.3 is 28.7 Å². The first-order valence-electron chi connectivity index (χ1n) is 12.6. The van der Waals surface area contributed by atoms with E-state index in [4.69, 9.17) is 18.9 Å². The van der Waals surface area contributed by atoms with Gasteiger partial charge in [0.15, 0.2) is 0 Å². The summed E-state index contributed by atoms with van der Waals surface area (Å²) in [6, 6.07) is 0. The van der Waals surface area contributed by atoms with Crippen LogP contribution >= 0.6 is 0 Å². The molecule has 0 radical (unpaired) electrons. The number of epoxide rings is 3. The second-order valence-electron chi connectivity index (χ2n) is 9.49. The Bertz CT molecular complexity index is 899. The number of allylic oxidation sites excluding steroid dienone is 9. The lowest BCUT2D eigenvalue weighted by molar-refractivity contribution is -0.152. The van der Waals surface area contributed by atoms with Gasteiger partial charge in [0.2, 0.25) is 0 Å². The predicted octanol–water partition coefficient (Wildman–Crippen LogP) is 4.64. The summed E-state index contributed by atoms with van der Waals surface area (Å²) in [6.07, 6.45) is 5.35. The summed E-state index contributed by atoms with van der Waals surface area (Å²) in [6.45, 7) is 16.4. The number of hydrogen-bond donors (Lipinski definition) is 0. The molecular formula is C28H39F3N2O4. The van der Waals surface area contributed by atoms with Gasteiger partial charge in [-0.25, -0.2) is 0 Å². The first kappa shape index (κ1) is 29.2. The van der Waals surface area contributed by atoms with Crippen LogP contribution < -0.4 is 0 Å². The van der Waals surface area contributed by atoms with Crippen LogP contribution in [0.3, 0.4) is 0 Å². The van der Waals surface area contributed by atoms with Gasteiger partial charge in [-0.1, -0.05) is 37.5 Å². The van der Waals surface area contributed by atoms with Gasteiger partial charge in [0.1, 0.15) is 5.92 Å². The second kappa shape index (κ2) is 13.5. The van der Waals surface area contributed by atoms with Gasteiger partial charge in [-0.15, -0.1) is 0 Å². The summed E-state index contributed by atoms with van der Waals surface area (Å²) in [5.41, 5.74) is 1.61. The molecule has 3 fully saturated rings. The van der Waals surface area contributed by atoms with Gasteiger partial charge in [0.25, 0.3) is 0 Å². The van der Waals surface area contributed by atoms with Crippen molar-refractivity contribution < 1.29 is 32.1 Å². The number of methoxy groups -OCH3 is 1. The van der Waals surface area contributed by atoms with Crippen molar-refractivity contribution in [3.8, 4) is 0 Å². The lowest BCUT2D eigenvalue weighted by atomic mass is 9.90. The summed E-state index contributed by atoms with van der Waals surface area (Å²) < 4.78 is 64.0. The van der Waals surface area contributed by atoms with Crippen molar-refractivity contribution in [2.75, 3.05) is 59.7 Å². The van der Waals surface area contributed by atoms with E-state index < -0.39 is 12.1 Å². The molecule has 206 valence electrons. The standard InChI is InChI=1S/C28H39F3N2O4/c1-6-22(10-9-21(4)33(15-25-18-36-25)16-26-19-37-26)27(28(29,30)31)20(3)8-11-23(7-2)32(12-13-34-5)14-24-17-35-24/h6-11,24-27H,1,3,12-19H2,2,4-5H3/b11-8-,21-9+,22-10+,23-7+. The molecule has 3 rings (SSSR count). The lowest BCUT2D eigenvalue weighted by Gasteiger charge is -2.26. The number of rotatable bonds is 17. The molecule has 0 spiro atoms. The SMILES string of the molecule is C=C/C(=C\C=C(/C)N(CC1CO1)CC1CO1)C(C(=C)/C=C\C(=C/C)N(CCOC)CC1CO1)C(F)(F)F. The van der Waals surface area contributed by atoms with E-state index in [1.54, 1.807) is 19.3 Å². The molecule has 0 aromatic carbocycles. The Balaban J connectivity index is 1.76. The molecule has 0 aromatic heterocycles. The van der Waals surface area contributed by atoms with Crippen LogP contribution in [-0.2, 0) is 18.9 Å². The van der Waals surface area contributed by atoms with Crippen molar-refractivity contribution in [3.63, 3.8) is 0 Å². The first-order valence-corrected chi connectivity index (χ1v) is 12.6. The molecule has 37 heavy (non-hydrogen) atoms. The van der Waals surface area contributed by atoms with Crippen LogP contribution in [0.4, 0.5) is 13.2 Å². The molecule has 0 amide bonds. The summed E-state index contributed by atoms with van der Waals surface area (Å²) >= 11 is 0. The number of alkyl halides is 3. The zero-order valence-corrected chi connectivity index (χ0v) is 22.0. The van der Waals surface area contributed by atoms with Crippen molar-refractivity contribution in [2.45, 2.75) is 38.3 Å². The van der Waals surface area contributed by atoms with Crippen LogP contribution in [0.5, 0.6) is 0 Å². The Morgan fingerprint density at radius 3 is 1.97 bits per heavy atom. The van der Waals surface area contributed by atoms with Crippen LogP contribution in [0.1, 0.15) is 13.8 Å². The van der Waals surface area contributed by atoms with E-state index >= 15 is 0 Å². The molecular weight excluding hydrogens is 485 g/mol. The summed E-state index contributed by atoms with van der Waals surface area (Å²) in [4.78, 5) is 4.14. The van der Waals surface area contributed by atoms with Crippen LogP contribution in [0.15, 0.2) is 72.2 Å². The molecule has 4 unspecified atom stereocenters. The third-order valence-corrected chi connectivity index (χ3v) is 6.46. The fraction of sp³-hybridized carbons (Fsp3) is 0.571. The summed E-state index contributed by atoms with van der Waals surface area (Å²) in [5.74, 6) is -1.88. The average Bonchev–Trinajstić information content (AvgIpc) is 3.68.